The first-order valence-corrected chi connectivity index (χ1v) is 7.37. The highest BCUT2D eigenvalue weighted by atomic mass is 16.5. The highest BCUT2D eigenvalue weighted by molar-refractivity contribution is 6.07. The molecule has 0 radical (unpaired) electrons. The van der Waals surface area contributed by atoms with Crippen LogP contribution < -0.4 is 10.1 Å². The van der Waals surface area contributed by atoms with Crippen LogP contribution in [-0.2, 0) is 4.79 Å². The molecule has 0 spiro atoms. The van der Waals surface area contributed by atoms with Gasteiger partial charge in [0.05, 0.1) is 7.11 Å². The second kappa shape index (κ2) is 6.79. The van der Waals surface area contributed by atoms with Gasteiger partial charge in [-0.15, -0.1) is 0 Å². The van der Waals surface area contributed by atoms with Crippen LogP contribution in [0.1, 0.15) is 5.56 Å². The topological polar surface area (TPSA) is 38.3 Å². The van der Waals surface area contributed by atoms with E-state index in [9.17, 15) is 4.79 Å². The monoisotopic (exact) mass is 303 g/mol. The smallest absolute Gasteiger partial charge is 0.248 e. The molecule has 3 aromatic carbocycles. The van der Waals surface area contributed by atoms with Crippen LogP contribution in [0.25, 0.3) is 16.8 Å². The molecule has 0 saturated carbocycles. The number of amides is 1. The van der Waals surface area contributed by atoms with Gasteiger partial charge in [-0.2, -0.15) is 0 Å². The summed E-state index contributed by atoms with van der Waals surface area (Å²) in [7, 11) is 1.63. The van der Waals surface area contributed by atoms with Crippen LogP contribution in [0.5, 0.6) is 5.75 Å². The Balaban J connectivity index is 1.74. The summed E-state index contributed by atoms with van der Waals surface area (Å²) in [6.45, 7) is 0. The Morgan fingerprint density at radius 3 is 2.48 bits per heavy atom. The Bertz CT molecular complexity index is 846. The number of methoxy groups -OCH3 is 1. The molecule has 0 atom stereocenters. The number of hydrogen-bond donors (Lipinski definition) is 1. The highest BCUT2D eigenvalue weighted by Gasteiger charge is 2.02. The molecule has 0 aliphatic rings. The first-order valence-electron chi connectivity index (χ1n) is 7.37. The van der Waals surface area contributed by atoms with E-state index in [1.165, 1.54) is 6.08 Å². The molecule has 3 nitrogen and oxygen atoms in total. The van der Waals surface area contributed by atoms with Crippen molar-refractivity contribution < 1.29 is 9.53 Å². The van der Waals surface area contributed by atoms with Crippen molar-refractivity contribution in [3.63, 3.8) is 0 Å². The number of benzene rings is 3. The first kappa shape index (κ1) is 14.9. The lowest BCUT2D eigenvalue weighted by atomic mass is 10.1. The SMILES string of the molecule is COc1ccc(/C=C/C(=O)Nc2cccc3ccccc23)cc1. The van der Waals surface area contributed by atoms with Gasteiger partial charge in [0, 0.05) is 17.1 Å². The average molecular weight is 303 g/mol. The number of anilines is 1. The fourth-order valence-corrected chi connectivity index (χ4v) is 2.40. The summed E-state index contributed by atoms with van der Waals surface area (Å²) in [4.78, 5) is 12.1. The van der Waals surface area contributed by atoms with Crippen molar-refractivity contribution in [2.45, 2.75) is 0 Å². The summed E-state index contributed by atoms with van der Waals surface area (Å²) in [5.74, 6) is 0.638. The molecule has 0 fully saturated rings. The molecular formula is C20H17NO2. The molecule has 3 rings (SSSR count). The van der Waals surface area contributed by atoms with E-state index < -0.39 is 0 Å². The second-order valence-electron chi connectivity index (χ2n) is 5.12. The van der Waals surface area contributed by atoms with Crippen LogP contribution in [0.2, 0.25) is 0 Å². The normalized spacial score (nSPS) is 10.8. The summed E-state index contributed by atoms with van der Waals surface area (Å²) >= 11 is 0. The third kappa shape index (κ3) is 3.58. The van der Waals surface area contributed by atoms with E-state index in [4.69, 9.17) is 4.74 Å². The Morgan fingerprint density at radius 1 is 0.957 bits per heavy atom. The second-order valence-corrected chi connectivity index (χ2v) is 5.12. The Morgan fingerprint density at radius 2 is 1.70 bits per heavy atom. The van der Waals surface area contributed by atoms with E-state index in [1.807, 2.05) is 66.7 Å². The minimum absolute atomic E-state index is 0.155. The van der Waals surface area contributed by atoms with Crippen LogP contribution in [0, 0.1) is 0 Å². The number of carbonyl (C=O) groups is 1. The summed E-state index contributed by atoms with van der Waals surface area (Å²) in [6, 6.07) is 21.4. The van der Waals surface area contributed by atoms with Gasteiger partial charge < -0.3 is 10.1 Å². The minimum atomic E-state index is -0.155. The maximum Gasteiger partial charge on any atom is 0.248 e. The van der Waals surface area contributed by atoms with Gasteiger partial charge in [-0.25, -0.2) is 0 Å². The van der Waals surface area contributed by atoms with Crippen LogP contribution in [0.3, 0.4) is 0 Å². The molecule has 0 aliphatic carbocycles. The van der Waals surface area contributed by atoms with Gasteiger partial charge >= 0.3 is 0 Å². The summed E-state index contributed by atoms with van der Waals surface area (Å²) in [5, 5.41) is 5.06. The maximum atomic E-state index is 12.1. The number of ether oxygens (including phenoxy) is 1. The molecule has 0 saturated heterocycles. The van der Waals surface area contributed by atoms with E-state index in [0.29, 0.717) is 0 Å². The Hall–Kier alpha value is -3.07. The van der Waals surface area contributed by atoms with Crippen molar-refractivity contribution >= 4 is 28.4 Å². The Kier molecular flexibility index (Phi) is 4.39. The molecule has 0 bridgehead atoms. The van der Waals surface area contributed by atoms with Crippen LogP contribution >= 0.6 is 0 Å². The Labute approximate surface area is 135 Å². The summed E-state index contributed by atoms with van der Waals surface area (Å²) < 4.78 is 5.11. The zero-order valence-electron chi connectivity index (χ0n) is 12.8. The molecule has 3 heteroatoms. The zero-order valence-corrected chi connectivity index (χ0v) is 12.8. The van der Waals surface area contributed by atoms with E-state index in [0.717, 1.165) is 27.8 Å². The van der Waals surface area contributed by atoms with Crippen molar-refractivity contribution in [1.82, 2.24) is 0 Å². The lowest BCUT2D eigenvalue weighted by molar-refractivity contribution is -0.111. The van der Waals surface area contributed by atoms with Gasteiger partial charge in [0.1, 0.15) is 5.75 Å². The molecule has 114 valence electrons. The predicted octanol–water partition coefficient (Wildman–Crippen LogP) is 4.50. The molecule has 1 amide bonds. The highest BCUT2D eigenvalue weighted by Crippen LogP contribution is 2.23. The minimum Gasteiger partial charge on any atom is -0.497 e. The number of fused-ring (bicyclic) bond motifs is 1. The standard InChI is InChI=1S/C20H17NO2/c1-23-17-12-9-15(10-13-17)11-14-20(22)21-19-8-4-6-16-5-2-3-7-18(16)19/h2-14H,1H3,(H,21,22)/b14-11+. The third-order valence-corrected chi connectivity index (χ3v) is 3.59. The molecule has 0 unspecified atom stereocenters. The average Bonchev–Trinajstić information content (AvgIpc) is 2.61. The van der Waals surface area contributed by atoms with Gasteiger partial charge in [0.15, 0.2) is 0 Å². The summed E-state index contributed by atoms with van der Waals surface area (Å²) in [6.07, 6.45) is 3.31. The van der Waals surface area contributed by atoms with Crippen LogP contribution in [0.15, 0.2) is 72.8 Å². The van der Waals surface area contributed by atoms with E-state index >= 15 is 0 Å². The molecule has 23 heavy (non-hydrogen) atoms. The fraction of sp³-hybridized carbons (Fsp3) is 0.0500. The van der Waals surface area contributed by atoms with Crippen LogP contribution in [-0.4, -0.2) is 13.0 Å². The largest absolute Gasteiger partial charge is 0.497 e. The number of hydrogen-bond acceptors (Lipinski definition) is 2. The quantitative estimate of drug-likeness (QED) is 0.721. The van der Waals surface area contributed by atoms with Gasteiger partial charge in [0.25, 0.3) is 0 Å². The fourth-order valence-electron chi connectivity index (χ4n) is 2.40. The third-order valence-electron chi connectivity index (χ3n) is 3.59. The number of rotatable bonds is 4. The molecular weight excluding hydrogens is 286 g/mol. The molecule has 0 aromatic heterocycles. The van der Waals surface area contributed by atoms with E-state index in [2.05, 4.69) is 5.32 Å². The molecule has 1 N–H and O–H groups in total. The van der Waals surface area contributed by atoms with Gasteiger partial charge in [0.2, 0.25) is 5.91 Å². The number of carbonyl (C=O) groups excluding carboxylic acids is 1. The number of nitrogens with one attached hydrogen (secondary N) is 1. The van der Waals surface area contributed by atoms with Crippen molar-refractivity contribution in [2.75, 3.05) is 12.4 Å². The van der Waals surface area contributed by atoms with Gasteiger partial charge in [-0.3, -0.25) is 4.79 Å². The molecule has 0 aliphatic heterocycles. The van der Waals surface area contributed by atoms with Crippen molar-refractivity contribution in [2.24, 2.45) is 0 Å². The van der Waals surface area contributed by atoms with Crippen molar-refractivity contribution in [3.05, 3.63) is 78.4 Å². The lowest BCUT2D eigenvalue weighted by Gasteiger charge is -2.06. The van der Waals surface area contributed by atoms with Gasteiger partial charge in [-0.05, 0) is 35.2 Å². The zero-order chi connectivity index (χ0) is 16.1. The van der Waals surface area contributed by atoms with Gasteiger partial charge in [-0.1, -0.05) is 48.5 Å². The van der Waals surface area contributed by atoms with Crippen molar-refractivity contribution in [3.8, 4) is 5.75 Å². The maximum absolute atomic E-state index is 12.1. The summed E-state index contributed by atoms with van der Waals surface area (Å²) in [5.41, 5.74) is 1.76. The molecule has 0 heterocycles. The lowest BCUT2D eigenvalue weighted by Crippen LogP contribution is -2.07. The predicted molar refractivity (Wildman–Crippen MR) is 94.6 cm³/mol. The molecule has 3 aromatic rings. The van der Waals surface area contributed by atoms with Crippen molar-refractivity contribution in [1.29, 1.82) is 0 Å². The first-order chi connectivity index (χ1) is 11.3. The van der Waals surface area contributed by atoms with E-state index in [-0.39, 0.29) is 5.91 Å². The van der Waals surface area contributed by atoms with Crippen LogP contribution in [0.4, 0.5) is 5.69 Å². The van der Waals surface area contributed by atoms with E-state index in [1.54, 1.807) is 13.2 Å².